The highest BCUT2D eigenvalue weighted by molar-refractivity contribution is 6.18. The number of fused-ring (bicyclic) bond motifs is 1. The zero-order chi connectivity index (χ0) is 24.8. The van der Waals surface area contributed by atoms with Gasteiger partial charge in [-0.1, -0.05) is 36.4 Å². The highest BCUT2D eigenvalue weighted by Gasteiger charge is 2.20. The highest BCUT2D eigenvalue weighted by atomic mass is 35.5. The molecule has 0 aliphatic heterocycles. The number of halogens is 1. The lowest BCUT2D eigenvalue weighted by Crippen LogP contribution is -2.14. The van der Waals surface area contributed by atoms with Crippen LogP contribution >= 0.6 is 11.6 Å². The zero-order valence-electron chi connectivity index (χ0n) is 19.8. The van der Waals surface area contributed by atoms with E-state index >= 15 is 0 Å². The molecule has 4 aromatic rings. The molecule has 1 amide bonds. The van der Waals surface area contributed by atoms with Gasteiger partial charge in [0.15, 0.2) is 11.5 Å². The molecule has 0 spiro atoms. The van der Waals surface area contributed by atoms with Crippen molar-refractivity contribution in [1.82, 2.24) is 4.98 Å². The first-order valence-electron chi connectivity index (χ1n) is 11.1. The molecule has 0 aliphatic rings. The van der Waals surface area contributed by atoms with Gasteiger partial charge in [-0.05, 0) is 35.7 Å². The van der Waals surface area contributed by atoms with E-state index in [0.29, 0.717) is 58.8 Å². The average Bonchev–Trinajstić information content (AvgIpc) is 3.32. The van der Waals surface area contributed by atoms with Gasteiger partial charge in [0.05, 0.1) is 26.8 Å². The molecule has 35 heavy (non-hydrogen) atoms. The van der Waals surface area contributed by atoms with Gasteiger partial charge in [0.2, 0.25) is 5.75 Å². The molecule has 7 nitrogen and oxygen atoms in total. The Morgan fingerprint density at radius 2 is 1.71 bits per heavy atom. The number of aromatic nitrogens is 1. The van der Waals surface area contributed by atoms with Crippen molar-refractivity contribution < 1.29 is 23.7 Å². The van der Waals surface area contributed by atoms with Gasteiger partial charge in [-0.15, -0.1) is 11.6 Å². The van der Waals surface area contributed by atoms with Crippen LogP contribution in [0.2, 0.25) is 0 Å². The van der Waals surface area contributed by atoms with Crippen LogP contribution in [0.3, 0.4) is 0 Å². The highest BCUT2D eigenvalue weighted by Crippen LogP contribution is 2.43. The minimum absolute atomic E-state index is 0.308. The fraction of sp³-hybridized carbons (Fsp3) is 0.222. The second-order valence-electron chi connectivity index (χ2n) is 7.78. The number of aryl methyl sites for hydroxylation is 1. The van der Waals surface area contributed by atoms with E-state index in [0.717, 1.165) is 16.5 Å². The number of alkyl halides is 1. The van der Waals surface area contributed by atoms with Crippen LogP contribution in [0, 0.1) is 0 Å². The number of amides is 1. The Balaban J connectivity index is 1.61. The first-order valence-corrected chi connectivity index (χ1v) is 11.6. The molecule has 0 aliphatic carbocycles. The second kappa shape index (κ2) is 11.1. The number of aromatic amines is 1. The largest absolute Gasteiger partial charge is 0.493 e. The minimum atomic E-state index is -0.308. The van der Waals surface area contributed by atoms with Crippen molar-refractivity contribution in [2.45, 2.75) is 13.0 Å². The summed E-state index contributed by atoms with van der Waals surface area (Å²) in [4.78, 5) is 16.4. The van der Waals surface area contributed by atoms with Crippen LogP contribution in [0.15, 0.2) is 60.7 Å². The molecular formula is C27H27ClN2O5. The van der Waals surface area contributed by atoms with Crippen LogP contribution in [-0.4, -0.2) is 38.1 Å². The number of nitrogens with one attached hydrogen (secondary N) is 2. The van der Waals surface area contributed by atoms with Gasteiger partial charge in [0, 0.05) is 23.0 Å². The molecule has 2 N–H and O–H groups in total. The van der Waals surface area contributed by atoms with Crippen molar-refractivity contribution in [1.29, 1.82) is 0 Å². The predicted octanol–water partition coefficient (Wildman–Crippen LogP) is 5.81. The normalized spacial score (nSPS) is 10.7. The van der Waals surface area contributed by atoms with E-state index in [1.54, 1.807) is 19.2 Å². The Morgan fingerprint density at radius 3 is 2.40 bits per heavy atom. The smallest absolute Gasteiger partial charge is 0.272 e. The SMILES string of the molecule is COc1cc2cc(C(=O)Nc3cc(OCc4ccccc4)ccc3CCCl)[nH]c2c(OC)c1OC. The standard InChI is InChI=1S/C27H27ClN2O5/c1-32-23-14-19-13-22(29-24(19)26(34-3)25(23)33-2)27(31)30-21-15-20(10-9-18(21)11-12-28)35-16-17-7-5-4-6-8-17/h4-10,13-15,29H,11-12,16H2,1-3H3,(H,30,31). The summed E-state index contributed by atoms with van der Waals surface area (Å²) in [7, 11) is 4.62. The molecule has 0 unspecified atom stereocenters. The molecule has 182 valence electrons. The summed E-state index contributed by atoms with van der Waals surface area (Å²) in [6.07, 6.45) is 0.602. The third-order valence-corrected chi connectivity index (χ3v) is 5.80. The number of ether oxygens (including phenoxy) is 4. The van der Waals surface area contributed by atoms with E-state index < -0.39 is 0 Å². The number of benzene rings is 3. The summed E-state index contributed by atoms with van der Waals surface area (Å²) in [5.41, 5.74) is 3.61. The molecule has 0 saturated carbocycles. The maximum atomic E-state index is 13.2. The van der Waals surface area contributed by atoms with E-state index in [-0.39, 0.29) is 5.91 Å². The molecular weight excluding hydrogens is 468 g/mol. The van der Waals surface area contributed by atoms with Gasteiger partial charge in [0.1, 0.15) is 18.1 Å². The average molecular weight is 495 g/mol. The van der Waals surface area contributed by atoms with Crippen molar-refractivity contribution in [3.05, 3.63) is 77.5 Å². The van der Waals surface area contributed by atoms with Gasteiger partial charge in [-0.25, -0.2) is 0 Å². The first-order chi connectivity index (χ1) is 17.1. The summed E-state index contributed by atoms with van der Waals surface area (Å²) in [5.74, 6) is 2.18. The quantitative estimate of drug-likeness (QED) is 0.272. The van der Waals surface area contributed by atoms with Crippen LogP contribution in [-0.2, 0) is 13.0 Å². The van der Waals surface area contributed by atoms with Crippen molar-refractivity contribution in [3.63, 3.8) is 0 Å². The van der Waals surface area contributed by atoms with Crippen LogP contribution in [0.4, 0.5) is 5.69 Å². The van der Waals surface area contributed by atoms with Crippen molar-refractivity contribution in [3.8, 4) is 23.0 Å². The molecule has 4 rings (SSSR count). The van der Waals surface area contributed by atoms with E-state index in [4.69, 9.17) is 30.5 Å². The molecule has 0 fully saturated rings. The zero-order valence-corrected chi connectivity index (χ0v) is 20.6. The van der Waals surface area contributed by atoms with E-state index in [9.17, 15) is 4.79 Å². The second-order valence-corrected chi connectivity index (χ2v) is 8.16. The molecule has 1 aromatic heterocycles. The lowest BCUT2D eigenvalue weighted by Gasteiger charge is -2.13. The summed E-state index contributed by atoms with van der Waals surface area (Å²) >= 11 is 6.00. The maximum Gasteiger partial charge on any atom is 0.272 e. The number of methoxy groups -OCH3 is 3. The first kappa shape index (κ1) is 24.3. The molecule has 8 heteroatoms. The fourth-order valence-electron chi connectivity index (χ4n) is 3.88. The topological polar surface area (TPSA) is 81.8 Å². The number of carbonyl (C=O) groups excluding carboxylic acids is 1. The van der Waals surface area contributed by atoms with Crippen LogP contribution in [0.1, 0.15) is 21.6 Å². The summed E-state index contributed by atoms with van der Waals surface area (Å²) < 4.78 is 22.3. The van der Waals surface area contributed by atoms with E-state index in [1.807, 2.05) is 48.5 Å². The fourth-order valence-corrected chi connectivity index (χ4v) is 4.08. The third-order valence-electron chi connectivity index (χ3n) is 5.61. The van der Waals surface area contributed by atoms with Crippen molar-refractivity contribution in [2.24, 2.45) is 0 Å². The Labute approximate surface area is 208 Å². The van der Waals surface area contributed by atoms with Crippen LogP contribution < -0.4 is 24.3 Å². The van der Waals surface area contributed by atoms with Gasteiger partial charge in [-0.2, -0.15) is 0 Å². The molecule has 3 aromatic carbocycles. The summed E-state index contributed by atoms with van der Waals surface area (Å²) in [5, 5.41) is 3.75. The van der Waals surface area contributed by atoms with Crippen LogP contribution in [0.25, 0.3) is 10.9 Å². The van der Waals surface area contributed by atoms with Gasteiger partial charge < -0.3 is 29.2 Å². The Morgan fingerprint density at radius 1 is 0.943 bits per heavy atom. The van der Waals surface area contributed by atoms with E-state index in [2.05, 4.69) is 10.3 Å². The molecule has 0 atom stereocenters. The summed E-state index contributed by atoms with van der Waals surface area (Å²) in [6, 6.07) is 19.0. The van der Waals surface area contributed by atoms with Gasteiger partial charge >= 0.3 is 0 Å². The summed E-state index contributed by atoms with van der Waals surface area (Å²) in [6.45, 7) is 0.425. The number of anilines is 1. The number of hydrogen-bond donors (Lipinski definition) is 2. The molecule has 0 radical (unpaired) electrons. The number of carbonyl (C=O) groups is 1. The Bertz CT molecular complexity index is 1320. The van der Waals surface area contributed by atoms with Crippen LogP contribution in [0.5, 0.6) is 23.0 Å². The molecule has 1 heterocycles. The Hall–Kier alpha value is -3.84. The lowest BCUT2D eigenvalue weighted by molar-refractivity contribution is 0.102. The van der Waals surface area contributed by atoms with Gasteiger partial charge in [-0.3, -0.25) is 4.79 Å². The van der Waals surface area contributed by atoms with E-state index in [1.165, 1.54) is 14.2 Å². The number of hydrogen-bond acceptors (Lipinski definition) is 5. The third kappa shape index (κ3) is 5.30. The lowest BCUT2D eigenvalue weighted by atomic mass is 10.1. The van der Waals surface area contributed by atoms with Crippen molar-refractivity contribution >= 4 is 34.1 Å². The van der Waals surface area contributed by atoms with Gasteiger partial charge in [0.25, 0.3) is 5.91 Å². The monoisotopic (exact) mass is 494 g/mol. The molecule has 0 saturated heterocycles. The molecule has 0 bridgehead atoms. The predicted molar refractivity (Wildman–Crippen MR) is 138 cm³/mol. The van der Waals surface area contributed by atoms with Crippen molar-refractivity contribution in [2.75, 3.05) is 32.5 Å². The minimum Gasteiger partial charge on any atom is -0.493 e. The maximum absolute atomic E-state index is 13.2. The Kier molecular flexibility index (Phi) is 7.67. The number of rotatable bonds is 10. The number of H-pyrrole nitrogens is 1.